The SMILES string of the molecule is Cc1cc(O)c(CN2CCN(c3ccccc3)CC2)c2c1C(=O)/C(=C/c1cccc([N+](=O)[O-])c1)O2. The van der Waals surface area contributed by atoms with Crippen molar-refractivity contribution in [1.29, 1.82) is 0 Å². The Bertz CT molecular complexity index is 1330. The number of rotatable bonds is 5. The van der Waals surface area contributed by atoms with Crippen LogP contribution in [0, 0.1) is 17.0 Å². The van der Waals surface area contributed by atoms with Gasteiger partial charge < -0.3 is 14.7 Å². The summed E-state index contributed by atoms with van der Waals surface area (Å²) in [5.41, 5.74) is 3.26. The van der Waals surface area contributed by atoms with Gasteiger partial charge in [-0.05, 0) is 42.3 Å². The maximum absolute atomic E-state index is 13.2. The van der Waals surface area contributed by atoms with Crippen LogP contribution in [0.5, 0.6) is 11.5 Å². The Morgan fingerprint density at radius 3 is 2.51 bits per heavy atom. The van der Waals surface area contributed by atoms with Crippen LogP contribution in [0.1, 0.15) is 27.0 Å². The van der Waals surface area contributed by atoms with Crippen molar-refractivity contribution in [2.24, 2.45) is 0 Å². The van der Waals surface area contributed by atoms with Crippen molar-refractivity contribution in [3.63, 3.8) is 0 Å². The second-order valence-electron chi connectivity index (χ2n) is 8.79. The number of para-hydroxylation sites is 1. The fraction of sp³-hybridized carbons (Fsp3) is 0.222. The highest BCUT2D eigenvalue weighted by atomic mass is 16.6. The predicted molar refractivity (Wildman–Crippen MR) is 133 cm³/mol. The van der Waals surface area contributed by atoms with Crippen molar-refractivity contribution in [3.8, 4) is 11.5 Å². The molecule has 2 aliphatic rings. The van der Waals surface area contributed by atoms with Gasteiger partial charge in [-0.3, -0.25) is 19.8 Å². The molecule has 1 fully saturated rings. The first kappa shape index (κ1) is 22.6. The number of benzene rings is 3. The minimum Gasteiger partial charge on any atom is -0.507 e. The summed E-state index contributed by atoms with van der Waals surface area (Å²) in [6, 6.07) is 17.9. The Hall–Kier alpha value is -4.17. The van der Waals surface area contributed by atoms with Crippen LogP contribution in [-0.4, -0.2) is 46.9 Å². The Morgan fingerprint density at radius 1 is 1.06 bits per heavy atom. The molecule has 1 saturated heterocycles. The number of allylic oxidation sites excluding steroid dienone is 1. The monoisotopic (exact) mass is 471 g/mol. The second-order valence-corrected chi connectivity index (χ2v) is 8.79. The van der Waals surface area contributed by atoms with Crippen LogP contribution in [0.3, 0.4) is 0 Å². The molecule has 5 rings (SSSR count). The van der Waals surface area contributed by atoms with Gasteiger partial charge in [-0.2, -0.15) is 0 Å². The van der Waals surface area contributed by atoms with Crippen molar-refractivity contribution in [1.82, 2.24) is 4.90 Å². The molecule has 0 saturated carbocycles. The van der Waals surface area contributed by atoms with E-state index in [2.05, 4.69) is 21.9 Å². The zero-order chi connectivity index (χ0) is 24.5. The summed E-state index contributed by atoms with van der Waals surface area (Å²) in [5, 5.41) is 21.9. The third-order valence-electron chi connectivity index (χ3n) is 6.47. The van der Waals surface area contributed by atoms with E-state index in [1.807, 2.05) is 18.2 Å². The average Bonchev–Trinajstić information content (AvgIpc) is 3.19. The third kappa shape index (κ3) is 4.48. The van der Waals surface area contributed by atoms with Crippen molar-refractivity contribution >= 4 is 23.2 Å². The van der Waals surface area contributed by atoms with Crippen LogP contribution in [0.2, 0.25) is 0 Å². The predicted octanol–water partition coefficient (Wildman–Crippen LogP) is 4.55. The number of anilines is 1. The molecule has 178 valence electrons. The number of Topliss-reactive ketones (excluding diaryl/α,β-unsaturated/α-hetero) is 1. The zero-order valence-corrected chi connectivity index (χ0v) is 19.3. The molecule has 3 aromatic rings. The lowest BCUT2D eigenvalue weighted by Crippen LogP contribution is -2.46. The number of piperazine rings is 1. The molecule has 0 bridgehead atoms. The number of aryl methyl sites for hydroxylation is 1. The molecule has 2 aliphatic heterocycles. The number of ether oxygens (including phenoxy) is 1. The number of carbonyl (C=O) groups is 1. The Balaban J connectivity index is 1.38. The molecule has 1 N–H and O–H groups in total. The Morgan fingerprint density at radius 2 is 1.80 bits per heavy atom. The molecule has 0 amide bonds. The van der Waals surface area contributed by atoms with E-state index in [1.54, 1.807) is 25.1 Å². The molecule has 0 spiro atoms. The van der Waals surface area contributed by atoms with Gasteiger partial charge in [-0.1, -0.05) is 30.3 Å². The van der Waals surface area contributed by atoms with Gasteiger partial charge in [-0.15, -0.1) is 0 Å². The summed E-state index contributed by atoms with van der Waals surface area (Å²) in [6.45, 7) is 5.54. The van der Waals surface area contributed by atoms with E-state index in [1.165, 1.54) is 23.9 Å². The minimum atomic E-state index is -0.480. The first-order valence-electron chi connectivity index (χ1n) is 11.5. The highest BCUT2D eigenvalue weighted by Crippen LogP contribution is 2.42. The standard InChI is InChI=1S/C27H25N3O5/c1-18-14-23(31)22(17-28-10-12-29(13-11-28)20-7-3-2-4-8-20)27-25(18)26(32)24(35-27)16-19-6-5-9-21(15-19)30(33)34/h2-9,14-16,31H,10-13,17H2,1H3/b24-16-. The van der Waals surface area contributed by atoms with E-state index in [9.17, 15) is 20.0 Å². The number of carbonyl (C=O) groups excluding carboxylic acids is 1. The first-order valence-corrected chi connectivity index (χ1v) is 11.5. The van der Waals surface area contributed by atoms with Gasteiger partial charge in [0.05, 0.1) is 16.1 Å². The summed E-state index contributed by atoms with van der Waals surface area (Å²) in [5.74, 6) is 0.259. The Kier molecular flexibility index (Phi) is 5.96. The number of nitro benzene ring substituents is 1. The number of hydrogen-bond acceptors (Lipinski definition) is 7. The number of nitro groups is 1. The first-order chi connectivity index (χ1) is 16.9. The number of ketones is 1. The smallest absolute Gasteiger partial charge is 0.270 e. The molecule has 0 aromatic heterocycles. The fourth-order valence-corrected chi connectivity index (χ4v) is 4.64. The number of phenols is 1. The summed E-state index contributed by atoms with van der Waals surface area (Å²) in [6.07, 6.45) is 1.51. The molecule has 0 aliphatic carbocycles. The molecule has 0 atom stereocenters. The van der Waals surface area contributed by atoms with E-state index in [-0.39, 0.29) is 23.0 Å². The van der Waals surface area contributed by atoms with E-state index in [4.69, 9.17) is 4.74 Å². The highest BCUT2D eigenvalue weighted by molar-refractivity contribution is 6.15. The molecule has 8 nitrogen and oxygen atoms in total. The van der Waals surface area contributed by atoms with Gasteiger partial charge in [0.2, 0.25) is 5.78 Å². The van der Waals surface area contributed by atoms with Crippen molar-refractivity contribution in [2.45, 2.75) is 13.5 Å². The summed E-state index contributed by atoms with van der Waals surface area (Å²) in [4.78, 5) is 28.4. The van der Waals surface area contributed by atoms with E-state index >= 15 is 0 Å². The van der Waals surface area contributed by atoms with Crippen LogP contribution in [0.15, 0.2) is 66.4 Å². The van der Waals surface area contributed by atoms with Crippen LogP contribution < -0.4 is 9.64 Å². The Labute approximate surface area is 202 Å². The summed E-state index contributed by atoms with van der Waals surface area (Å²) >= 11 is 0. The van der Waals surface area contributed by atoms with Crippen molar-refractivity contribution < 1.29 is 19.6 Å². The maximum atomic E-state index is 13.2. The van der Waals surface area contributed by atoms with Gasteiger partial charge in [0, 0.05) is 50.5 Å². The molecule has 3 aromatic carbocycles. The lowest BCUT2D eigenvalue weighted by atomic mass is 9.99. The van der Waals surface area contributed by atoms with Crippen LogP contribution >= 0.6 is 0 Å². The second kappa shape index (κ2) is 9.23. The summed E-state index contributed by atoms with van der Waals surface area (Å²) < 4.78 is 5.99. The third-order valence-corrected chi connectivity index (χ3v) is 6.47. The van der Waals surface area contributed by atoms with E-state index < -0.39 is 4.92 Å². The van der Waals surface area contributed by atoms with Crippen LogP contribution in [-0.2, 0) is 6.54 Å². The summed E-state index contributed by atoms with van der Waals surface area (Å²) in [7, 11) is 0. The van der Waals surface area contributed by atoms with Crippen molar-refractivity contribution in [2.75, 3.05) is 31.1 Å². The quantitative estimate of drug-likeness (QED) is 0.331. The molecular formula is C27H25N3O5. The number of non-ortho nitro benzene ring substituents is 1. The molecular weight excluding hydrogens is 446 g/mol. The minimum absolute atomic E-state index is 0.0635. The van der Waals surface area contributed by atoms with Gasteiger partial charge in [0.15, 0.2) is 5.76 Å². The number of phenolic OH excluding ortho intramolecular Hbond substituents is 1. The fourth-order valence-electron chi connectivity index (χ4n) is 4.64. The van der Waals surface area contributed by atoms with Gasteiger partial charge in [0.25, 0.3) is 5.69 Å². The van der Waals surface area contributed by atoms with Gasteiger partial charge in [0.1, 0.15) is 11.5 Å². The number of hydrogen-bond donors (Lipinski definition) is 1. The van der Waals surface area contributed by atoms with Crippen LogP contribution in [0.25, 0.3) is 6.08 Å². The van der Waals surface area contributed by atoms with Gasteiger partial charge in [-0.25, -0.2) is 0 Å². The number of fused-ring (bicyclic) bond motifs is 1. The average molecular weight is 472 g/mol. The van der Waals surface area contributed by atoms with Crippen LogP contribution in [0.4, 0.5) is 11.4 Å². The molecule has 8 heteroatoms. The lowest BCUT2D eigenvalue weighted by Gasteiger charge is -2.36. The van der Waals surface area contributed by atoms with Gasteiger partial charge >= 0.3 is 0 Å². The molecule has 0 radical (unpaired) electrons. The molecule has 0 unspecified atom stereocenters. The number of nitrogens with zero attached hydrogens (tertiary/aromatic N) is 3. The molecule has 2 heterocycles. The van der Waals surface area contributed by atoms with Crippen molar-refractivity contribution in [3.05, 3.63) is 98.8 Å². The molecule has 35 heavy (non-hydrogen) atoms. The zero-order valence-electron chi connectivity index (χ0n) is 19.3. The van der Waals surface area contributed by atoms with E-state index in [0.717, 1.165) is 26.2 Å². The van der Waals surface area contributed by atoms with E-state index in [0.29, 0.717) is 34.5 Å². The topological polar surface area (TPSA) is 96.2 Å². The normalized spacial score (nSPS) is 16.9. The largest absolute Gasteiger partial charge is 0.507 e. The maximum Gasteiger partial charge on any atom is 0.270 e. The lowest BCUT2D eigenvalue weighted by molar-refractivity contribution is -0.384. The highest BCUT2D eigenvalue weighted by Gasteiger charge is 2.34. The number of aromatic hydroxyl groups is 1.